The highest BCUT2D eigenvalue weighted by molar-refractivity contribution is 5.60. The largest absolute Gasteiger partial charge is 0.298 e. The number of anilines is 2. The maximum Gasteiger partial charge on any atom is 0.259 e. The second kappa shape index (κ2) is 6.06. The molecular formula is C19H26N4O. The van der Waals surface area contributed by atoms with Gasteiger partial charge in [-0.15, -0.1) is 0 Å². The molecule has 24 heavy (non-hydrogen) atoms. The standard InChI is InChI=1S/C19H26N4O/c1-12(2)21-10-22(17-8-7-13(3)14(4)9-17)19-20-16(6)15(5)18(24)23(19)11-21/h7-9,12H,10-11H2,1-6H3. The van der Waals surface area contributed by atoms with E-state index in [1.165, 1.54) is 11.1 Å². The number of aromatic nitrogens is 2. The second-order valence-electron chi connectivity index (χ2n) is 7.02. The fraction of sp³-hybridized carbons (Fsp3) is 0.474. The van der Waals surface area contributed by atoms with Crippen LogP contribution in [0.5, 0.6) is 0 Å². The molecule has 1 aromatic heterocycles. The molecule has 0 spiro atoms. The predicted octanol–water partition coefficient (Wildman–Crippen LogP) is 3.25. The zero-order valence-electron chi connectivity index (χ0n) is 15.4. The highest BCUT2D eigenvalue weighted by Gasteiger charge is 2.28. The summed E-state index contributed by atoms with van der Waals surface area (Å²) in [4.78, 5) is 21.9. The Morgan fingerprint density at radius 3 is 2.38 bits per heavy atom. The third-order valence-corrected chi connectivity index (χ3v) is 5.04. The van der Waals surface area contributed by atoms with Crippen molar-refractivity contribution in [3.63, 3.8) is 0 Å². The van der Waals surface area contributed by atoms with Crippen molar-refractivity contribution in [1.29, 1.82) is 0 Å². The molecule has 5 nitrogen and oxygen atoms in total. The Morgan fingerprint density at radius 2 is 1.75 bits per heavy atom. The van der Waals surface area contributed by atoms with Crippen molar-refractivity contribution in [2.45, 2.75) is 54.3 Å². The molecule has 0 saturated carbocycles. The van der Waals surface area contributed by atoms with Gasteiger partial charge in [0.1, 0.15) is 0 Å². The van der Waals surface area contributed by atoms with Crippen LogP contribution in [-0.4, -0.2) is 27.2 Å². The van der Waals surface area contributed by atoms with E-state index in [0.29, 0.717) is 12.7 Å². The van der Waals surface area contributed by atoms with Gasteiger partial charge in [0, 0.05) is 23.0 Å². The monoisotopic (exact) mass is 326 g/mol. The Labute approximate surface area is 143 Å². The Kier molecular flexibility index (Phi) is 4.22. The summed E-state index contributed by atoms with van der Waals surface area (Å²) < 4.78 is 1.79. The summed E-state index contributed by atoms with van der Waals surface area (Å²) in [7, 11) is 0. The van der Waals surface area contributed by atoms with Gasteiger partial charge in [-0.05, 0) is 64.8 Å². The van der Waals surface area contributed by atoms with Crippen LogP contribution < -0.4 is 10.5 Å². The molecule has 128 valence electrons. The van der Waals surface area contributed by atoms with E-state index >= 15 is 0 Å². The summed E-state index contributed by atoms with van der Waals surface area (Å²) >= 11 is 0. The number of fused-ring (bicyclic) bond motifs is 1. The predicted molar refractivity (Wildman–Crippen MR) is 97.9 cm³/mol. The van der Waals surface area contributed by atoms with Crippen molar-refractivity contribution in [2.24, 2.45) is 0 Å². The van der Waals surface area contributed by atoms with Gasteiger partial charge >= 0.3 is 0 Å². The van der Waals surface area contributed by atoms with Crippen LogP contribution in [0.1, 0.15) is 36.2 Å². The number of nitrogens with zero attached hydrogens (tertiary/aromatic N) is 4. The molecule has 5 heteroatoms. The summed E-state index contributed by atoms with van der Waals surface area (Å²) in [5.74, 6) is 0.739. The van der Waals surface area contributed by atoms with Crippen LogP contribution in [0.2, 0.25) is 0 Å². The van der Waals surface area contributed by atoms with Crippen molar-refractivity contribution in [2.75, 3.05) is 11.6 Å². The van der Waals surface area contributed by atoms with Crippen LogP contribution in [0.15, 0.2) is 23.0 Å². The first-order chi connectivity index (χ1) is 11.3. The summed E-state index contributed by atoms with van der Waals surface area (Å²) in [6.07, 6.45) is 0. The first kappa shape index (κ1) is 16.7. The minimum absolute atomic E-state index is 0.0525. The first-order valence-electron chi connectivity index (χ1n) is 8.46. The third kappa shape index (κ3) is 2.73. The minimum Gasteiger partial charge on any atom is -0.298 e. The van der Waals surface area contributed by atoms with Gasteiger partial charge in [0.05, 0.1) is 13.3 Å². The Balaban J connectivity index is 2.19. The number of hydrogen-bond acceptors (Lipinski definition) is 4. The van der Waals surface area contributed by atoms with Gasteiger partial charge in [-0.3, -0.25) is 19.2 Å². The minimum atomic E-state index is 0.0525. The lowest BCUT2D eigenvalue weighted by Crippen LogP contribution is -2.50. The molecule has 0 fully saturated rings. The fourth-order valence-electron chi connectivity index (χ4n) is 2.96. The van der Waals surface area contributed by atoms with Crippen molar-refractivity contribution in [3.8, 4) is 0 Å². The van der Waals surface area contributed by atoms with Gasteiger partial charge in [-0.2, -0.15) is 0 Å². The van der Waals surface area contributed by atoms with Gasteiger partial charge in [-0.25, -0.2) is 4.98 Å². The molecule has 2 heterocycles. The van der Waals surface area contributed by atoms with Crippen LogP contribution >= 0.6 is 0 Å². The molecule has 0 atom stereocenters. The van der Waals surface area contributed by atoms with E-state index in [0.717, 1.165) is 29.6 Å². The number of hydrogen-bond donors (Lipinski definition) is 0. The van der Waals surface area contributed by atoms with E-state index in [9.17, 15) is 4.79 Å². The third-order valence-electron chi connectivity index (χ3n) is 5.04. The zero-order chi connectivity index (χ0) is 17.6. The molecule has 0 N–H and O–H groups in total. The van der Waals surface area contributed by atoms with E-state index in [1.807, 2.05) is 13.8 Å². The average Bonchev–Trinajstić information content (AvgIpc) is 2.54. The zero-order valence-corrected chi connectivity index (χ0v) is 15.4. The van der Waals surface area contributed by atoms with Crippen LogP contribution in [-0.2, 0) is 6.67 Å². The van der Waals surface area contributed by atoms with Crippen molar-refractivity contribution in [1.82, 2.24) is 14.5 Å². The number of aryl methyl sites for hydroxylation is 3. The molecule has 0 aliphatic carbocycles. The maximum absolute atomic E-state index is 12.8. The molecule has 2 aromatic rings. The summed E-state index contributed by atoms with van der Waals surface area (Å²) in [5, 5.41) is 0. The lowest BCUT2D eigenvalue weighted by Gasteiger charge is -2.40. The van der Waals surface area contributed by atoms with Gasteiger partial charge < -0.3 is 0 Å². The van der Waals surface area contributed by atoms with E-state index in [2.05, 4.69) is 55.7 Å². The van der Waals surface area contributed by atoms with Crippen LogP contribution in [0, 0.1) is 27.7 Å². The van der Waals surface area contributed by atoms with Gasteiger partial charge in [0.2, 0.25) is 5.95 Å². The van der Waals surface area contributed by atoms with E-state index in [1.54, 1.807) is 4.57 Å². The molecule has 3 rings (SSSR count). The summed E-state index contributed by atoms with van der Waals surface area (Å²) in [6.45, 7) is 13.6. The lowest BCUT2D eigenvalue weighted by atomic mass is 10.1. The fourth-order valence-corrected chi connectivity index (χ4v) is 2.96. The van der Waals surface area contributed by atoms with Crippen molar-refractivity contribution in [3.05, 3.63) is 50.9 Å². The topological polar surface area (TPSA) is 41.4 Å². The molecule has 1 aliphatic rings. The van der Waals surface area contributed by atoms with Crippen LogP contribution in [0.25, 0.3) is 0 Å². The van der Waals surface area contributed by atoms with Gasteiger partial charge in [0.25, 0.3) is 5.56 Å². The number of benzene rings is 1. The van der Waals surface area contributed by atoms with Crippen molar-refractivity contribution >= 4 is 11.6 Å². The molecule has 0 unspecified atom stereocenters. The highest BCUT2D eigenvalue weighted by Crippen LogP contribution is 2.29. The van der Waals surface area contributed by atoms with Gasteiger partial charge in [0.15, 0.2) is 0 Å². The van der Waals surface area contributed by atoms with Gasteiger partial charge in [-0.1, -0.05) is 6.07 Å². The SMILES string of the molecule is Cc1ccc(N2CN(C(C)C)Cn3c2nc(C)c(C)c3=O)cc1C. The second-order valence-corrected chi connectivity index (χ2v) is 7.02. The molecule has 1 aromatic carbocycles. The van der Waals surface area contributed by atoms with Crippen molar-refractivity contribution < 1.29 is 0 Å². The Bertz CT molecular complexity index is 838. The molecule has 0 radical (unpaired) electrons. The molecule has 1 aliphatic heterocycles. The normalized spacial score (nSPS) is 15.0. The van der Waals surface area contributed by atoms with Crippen LogP contribution in [0.3, 0.4) is 0 Å². The highest BCUT2D eigenvalue weighted by atomic mass is 16.1. The quantitative estimate of drug-likeness (QED) is 0.849. The molecular weight excluding hydrogens is 300 g/mol. The summed E-state index contributed by atoms with van der Waals surface area (Å²) in [6, 6.07) is 6.76. The molecule has 0 amide bonds. The first-order valence-corrected chi connectivity index (χ1v) is 8.46. The van der Waals surface area contributed by atoms with E-state index < -0.39 is 0 Å². The molecule has 0 bridgehead atoms. The Morgan fingerprint density at radius 1 is 1.04 bits per heavy atom. The summed E-state index contributed by atoms with van der Waals surface area (Å²) in [5.41, 5.74) is 5.17. The smallest absolute Gasteiger partial charge is 0.259 e. The van der Waals surface area contributed by atoms with E-state index in [-0.39, 0.29) is 5.56 Å². The van der Waals surface area contributed by atoms with E-state index in [4.69, 9.17) is 4.98 Å². The lowest BCUT2D eigenvalue weighted by molar-refractivity contribution is 0.156. The number of rotatable bonds is 2. The molecule has 0 saturated heterocycles. The maximum atomic E-state index is 12.8. The average molecular weight is 326 g/mol. The van der Waals surface area contributed by atoms with Crippen LogP contribution in [0.4, 0.5) is 11.6 Å². The Hall–Kier alpha value is -2.14.